The molecule has 0 aliphatic rings. The van der Waals surface area contributed by atoms with E-state index in [9.17, 15) is 9.59 Å². The third-order valence-electron chi connectivity index (χ3n) is 7.25. The molecule has 0 saturated heterocycles. The SMILES string of the molecule is COc1cc(C)c(-c2nc3ccccc3c(=O)n2N=Cc2cc(Br)cc(OC)c2OCC(=O)Nc2ccc(Cl)cc2)cc1C(C)C. The Morgan fingerprint density at radius 3 is 2.46 bits per heavy atom. The minimum absolute atomic E-state index is 0.157. The van der Waals surface area contributed by atoms with Crippen molar-refractivity contribution in [2.24, 2.45) is 5.10 Å². The zero-order valence-electron chi connectivity index (χ0n) is 25.9. The van der Waals surface area contributed by atoms with Crippen molar-refractivity contribution >= 4 is 56.2 Å². The Balaban J connectivity index is 1.59. The van der Waals surface area contributed by atoms with E-state index in [0.29, 0.717) is 43.2 Å². The summed E-state index contributed by atoms with van der Waals surface area (Å²) in [5.41, 5.74) is 3.84. The Morgan fingerprint density at radius 1 is 1.04 bits per heavy atom. The van der Waals surface area contributed by atoms with Gasteiger partial charge in [0.1, 0.15) is 5.75 Å². The van der Waals surface area contributed by atoms with Crippen molar-refractivity contribution in [1.29, 1.82) is 0 Å². The van der Waals surface area contributed by atoms with Crippen LogP contribution < -0.4 is 25.1 Å². The second kappa shape index (κ2) is 14.2. The van der Waals surface area contributed by atoms with Gasteiger partial charge in [0.05, 0.1) is 31.3 Å². The Bertz CT molecular complexity index is 2010. The van der Waals surface area contributed by atoms with Crippen LogP contribution in [0.1, 0.15) is 36.5 Å². The van der Waals surface area contributed by atoms with E-state index in [2.05, 4.69) is 40.2 Å². The largest absolute Gasteiger partial charge is 0.496 e. The minimum atomic E-state index is -0.386. The number of hydrogen-bond acceptors (Lipinski definition) is 7. The lowest BCUT2D eigenvalue weighted by Gasteiger charge is -2.17. The molecule has 5 rings (SSSR count). The lowest BCUT2D eigenvalue weighted by molar-refractivity contribution is -0.118. The van der Waals surface area contributed by atoms with Gasteiger partial charge < -0.3 is 19.5 Å². The van der Waals surface area contributed by atoms with Gasteiger partial charge in [0.25, 0.3) is 11.5 Å². The van der Waals surface area contributed by atoms with Gasteiger partial charge in [-0.15, -0.1) is 0 Å². The number of anilines is 1. The van der Waals surface area contributed by atoms with E-state index < -0.39 is 0 Å². The molecule has 0 aliphatic heterocycles. The molecule has 0 atom stereocenters. The average Bonchev–Trinajstić information content (AvgIpc) is 3.04. The number of carbonyl (C=O) groups is 1. The van der Waals surface area contributed by atoms with Crippen LogP contribution in [0.2, 0.25) is 5.02 Å². The van der Waals surface area contributed by atoms with E-state index in [4.69, 9.17) is 30.8 Å². The maximum Gasteiger partial charge on any atom is 0.282 e. The van der Waals surface area contributed by atoms with E-state index >= 15 is 0 Å². The smallest absolute Gasteiger partial charge is 0.282 e. The van der Waals surface area contributed by atoms with Crippen molar-refractivity contribution in [3.05, 3.63) is 109 Å². The molecule has 236 valence electrons. The van der Waals surface area contributed by atoms with Crippen molar-refractivity contribution in [3.8, 4) is 28.6 Å². The summed E-state index contributed by atoms with van der Waals surface area (Å²) >= 11 is 9.46. The third-order valence-corrected chi connectivity index (χ3v) is 7.96. The number of methoxy groups -OCH3 is 2. The van der Waals surface area contributed by atoms with Crippen LogP contribution in [0.3, 0.4) is 0 Å². The van der Waals surface area contributed by atoms with Gasteiger partial charge in [-0.05, 0) is 84.6 Å². The molecule has 11 heteroatoms. The number of halogens is 2. The first-order chi connectivity index (χ1) is 22.1. The maximum absolute atomic E-state index is 13.9. The predicted molar refractivity (Wildman–Crippen MR) is 186 cm³/mol. The van der Waals surface area contributed by atoms with Crippen LogP contribution >= 0.6 is 27.5 Å². The van der Waals surface area contributed by atoms with Gasteiger partial charge in [0.15, 0.2) is 23.9 Å². The molecule has 5 aromatic rings. The minimum Gasteiger partial charge on any atom is -0.496 e. The Hall–Kier alpha value is -4.67. The fourth-order valence-corrected chi connectivity index (χ4v) is 5.53. The molecule has 0 unspecified atom stereocenters. The number of amides is 1. The second-order valence-corrected chi connectivity index (χ2v) is 12.1. The molecule has 1 heterocycles. The van der Waals surface area contributed by atoms with E-state index in [1.165, 1.54) is 18.0 Å². The molecule has 0 aliphatic carbocycles. The molecule has 1 aromatic heterocycles. The molecule has 46 heavy (non-hydrogen) atoms. The topological polar surface area (TPSA) is 104 Å². The third kappa shape index (κ3) is 7.08. The predicted octanol–water partition coefficient (Wildman–Crippen LogP) is 7.83. The normalized spacial score (nSPS) is 11.3. The fourth-order valence-electron chi connectivity index (χ4n) is 4.95. The van der Waals surface area contributed by atoms with Gasteiger partial charge in [-0.2, -0.15) is 9.78 Å². The summed E-state index contributed by atoms with van der Waals surface area (Å²) in [6, 6.07) is 21.3. The highest BCUT2D eigenvalue weighted by Crippen LogP contribution is 2.36. The highest BCUT2D eigenvalue weighted by molar-refractivity contribution is 9.10. The number of ether oxygens (including phenoxy) is 3. The fraction of sp³-hybridized carbons (Fsp3) is 0.200. The summed E-state index contributed by atoms with van der Waals surface area (Å²) in [5.74, 6) is 1.54. The second-order valence-electron chi connectivity index (χ2n) is 10.7. The number of rotatable bonds is 10. The molecule has 9 nitrogen and oxygen atoms in total. The number of carbonyl (C=O) groups excluding carboxylic acids is 1. The molecule has 1 N–H and O–H groups in total. The molecular weight excluding hydrogens is 672 g/mol. The Morgan fingerprint density at radius 2 is 1.76 bits per heavy atom. The van der Waals surface area contributed by atoms with Gasteiger partial charge in [-0.1, -0.05) is 53.5 Å². The summed E-state index contributed by atoms with van der Waals surface area (Å²) < 4.78 is 19.2. The van der Waals surface area contributed by atoms with Gasteiger partial charge in [0, 0.05) is 26.3 Å². The number of para-hydroxylation sites is 1. The summed E-state index contributed by atoms with van der Waals surface area (Å²) in [7, 11) is 3.14. The maximum atomic E-state index is 13.9. The van der Waals surface area contributed by atoms with Crippen molar-refractivity contribution in [3.63, 3.8) is 0 Å². The van der Waals surface area contributed by atoms with Crippen LogP contribution in [-0.2, 0) is 4.79 Å². The highest BCUT2D eigenvalue weighted by atomic mass is 79.9. The van der Waals surface area contributed by atoms with Crippen LogP contribution in [0.15, 0.2) is 87.2 Å². The number of benzene rings is 4. The first kappa shape index (κ1) is 32.7. The molecule has 0 bridgehead atoms. The Kier molecular flexibility index (Phi) is 10.1. The summed E-state index contributed by atoms with van der Waals surface area (Å²) in [6.07, 6.45) is 1.49. The average molecular weight is 704 g/mol. The molecule has 4 aromatic carbocycles. The molecule has 1 amide bonds. The van der Waals surface area contributed by atoms with Crippen LogP contribution in [0.5, 0.6) is 17.2 Å². The molecule has 0 radical (unpaired) electrons. The zero-order chi connectivity index (χ0) is 33.0. The van der Waals surface area contributed by atoms with Gasteiger partial charge >= 0.3 is 0 Å². The number of hydrogen-bond donors (Lipinski definition) is 1. The Labute approximate surface area is 279 Å². The summed E-state index contributed by atoms with van der Waals surface area (Å²) in [5, 5.41) is 8.41. The highest BCUT2D eigenvalue weighted by Gasteiger charge is 2.19. The van der Waals surface area contributed by atoms with Crippen molar-refractivity contribution < 1.29 is 19.0 Å². The zero-order valence-corrected chi connectivity index (χ0v) is 28.3. The number of nitrogens with one attached hydrogen (secondary N) is 1. The number of aromatic nitrogens is 2. The van der Waals surface area contributed by atoms with E-state index in [1.54, 1.807) is 61.7 Å². The van der Waals surface area contributed by atoms with Crippen LogP contribution in [-0.4, -0.2) is 42.6 Å². The van der Waals surface area contributed by atoms with E-state index in [1.807, 2.05) is 25.1 Å². The summed E-state index contributed by atoms with van der Waals surface area (Å²) in [4.78, 5) is 31.6. The van der Waals surface area contributed by atoms with Crippen LogP contribution in [0.4, 0.5) is 5.69 Å². The van der Waals surface area contributed by atoms with Gasteiger partial charge in [0.2, 0.25) is 0 Å². The lowest BCUT2D eigenvalue weighted by Crippen LogP contribution is -2.21. The number of nitrogens with zero attached hydrogens (tertiary/aromatic N) is 3. The van der Waals surface area contributed by atoms with E-state index in [0.717, 1.165) is 22.4 Å². The quantitative estimate of drug-likeness (QED) is 0.149. The summed E-state index contributed by atoms with van der Waals surface area (Å²) in [6.45, 7) is 5.78. The molecule has 0 fully saturated rings. The lowest BCUT2D eigenvalue weighted by atomic mass is 9.96. The molecule has 0 spiro atoms. The van der Waals surface area contributed by atoms with E-state index in [-0.39, 0.29) is 29.7 Å². The number of aryl methyl sites for hydroxylation is 1. The van der Waals surface area contributed by atoms with Gasteiger partial charge in [-0.25, -0.2) is 4.98 Å². The van der Waals surface area contributed by atoms with Crippen LogP contribution in [0.25, 0.3) is 22.3 Å². The van der Waals surface area contributed by atoms with Gasteiger partial charge in [-0.3, -0.25) is 9.59 Å². The van der Waals surface area contributed by atoms with Crippen molar-refractivity contribution in [1.82, 2.24) is 9.66 Å². The monoisotopic (exact) mass is 702 g/mol. The first-order valence-corrected chi connectivity index (χ1v) is 15.6. The molecule has 0 saturated carbocycles. The van der Waals surface area contributed by atoms with Crippen LogP contribution in [0, 0.1) is 6.92 Å². The standard InChI is InChI=1S/C35H32BrClN4O5/c1-20(2)27-17-28(21(3)14-30(27)44-4)34-40-29-9-7-6-8-26(29)35(43)41(34)38-18-22-15-23(36)16-31(45-5)33(22)46-19-32(42)39-25-12-10-24(37)11-13-25/h6-18,20H,19H2,1-5H3,(H,39,42). The molecular formula is C35H32BrClN4O5. The van der Waals surface area contributed by atoms with Crippen molar-refractivity contribution in [2.75, 3.05) is 26.1 Å². The first-order valence-electron chi connectivity index (χ1n) is 14.4. The van der Waals surface area contributed by atoms with Crippen molar-refractivity contribution in [2.45, 2.75) is 26.7 Å². The number of fused-ring (bicyclic) bond motifs is 1.